The predicted molar refractivity (Wildman–Crippen MR) is 105 cm³/mol. The van der Waals surface area contributed by atoms with Crippen molar-refractivity contribution in [3.63, 3.8) is 0 Å². The molecule has 0 bridgehead atoms. The number of para-hydroxylation sites is 2. The van der Waals surface area contributed by atoms with Crippen molar-refractivity contribution in [2.45, 2.75) is 0 Å². The fraction of sp³-hybridized carbons (Fsp3) is 0.111. The minimum Gasteiger partial charge on any atom is -0.493 e. The summed E-state index contributed by atoms with van der Waals surface area (Å²) in [6.45, 7) is 0. The van der Waals surface area contributed by atoms with Crippen molar-refractivity contribution in [3.8, 4) is 17.2 Å². The van der Waals surface area contributed by atoms with Gasteiger partial charge >= 0.3 is 0 Å². The maximum Gasteiger partial charge on any atom is 0.275 e. The number of non-ortho nitro benzene ring substituents is 1. The molecule has 3 rings (SSSR count). The van der Waals surface area contributed by atoms with Crippen LogP contribution in [0.3, 0.4) is 0 Å². The van der Waals surface area contributed by atoms with Crippen molar-refractivity contribution >= 4 is 33.2 Å². The Kier molecular flexibility index (Phi) is 5.59. The van der Waals surface area contributed by atoms with Gasteiger partial charge in [-0.25, -0.2) is 0 Å². The Bertz CT molecular complexity index is 1030. The highest BCUT2D eigenvalue weighted by Gasteiger charge is 2.18. The van der Waals surface area contributed by atoms with Gasteiger partial charge in [0.2, 0.25) is 0 Å². The number of rotatable bonds is 6. The van der Waals surface area contributed by atoms with E-state index in [0.29, 0.717) is 16.0 Å². The Labute approximate surface area is 168 Å². The monoisotopic (exact) mass is 446 g/mol. The van der Waals surface area contributed by atoms with Crippen LogP contribution in [0.15, 0.2) is 53.1 Å². The van der Waals surface area contributed by atoms with E-state index >= 15 is 0 Å². The van der Waals surface area contributed by atoms with E-state index in [1.807, 2.05) is 0 Å². The lowest BCUT2D eigenvalue weighted by molar-refractivity contribution is -0.384. The summed E-state index contributed by atoms with van der Waals surface area (Å²) in [7, 11) is 3.11. The lowest BCUT2D eigenvalue weighted by Gasteiger charge is -2.12. The number of aryl methyl sites for hydroxylation is 1. The Balaban J connectivity index is 1.94. The molecule has 1 heterocycles. The molecule has 3 aromatic rings. The van der Waals surface area contributed by atoms with Gasteiger partial charge in [-0.05, 0) is 28.1 Å². The van der Waals surface area contributed by atoms with Crippen LogP contribution in [0.2, 0.25) is 0 Å². The Morgan fingerprint density at radius 1 is 1.25 bits per heavy atom. The summed E-state index contributed by atoms with van der Waals surface area (Å²) >= 11 is 3.25. The minimum absolute atomic E-state index is 0.179. The van der Waals surface area contributed by atoms with Gasteiger partial charge in [0.05, 0.1) is 34.5 Å². The number of benzene rings is 2. The first-order valence-corrected chi connectivity index (χ1v) is 8.77. The number of anilines is 1. The van der Waals surface area contributed by atoms with E-state index in [-0.39, 0.29) is 22.8 Å². The van der Waals surface area contributed by atoms with Crippen LogP contribution in [0.25, 0.3) is 0 Å². The molecule has 1 amide bonds. The lowest BCUT2D eigenvalue weighted by Crippen LogP contribution is -2.16. The molecule has 0 unspecified atom stereocenters. The number of methoxy groups -OCH3 is 1. The summed E-state index contributed by atoms with van der Waals surface area (Å²) < 4.78 is 12.9. The van der Waals surface area contributed by atoms with Crippen LogP contribution < -0.4 is 14.8 Å². The van der Waals surface area contributed by atoms with Gasteiger partial charge in [0.25, 0.3) is 11.6 Å². The topological polar surface area (TPSA) is 109 Å². The van der Waals surface area contributed by atoms with Crippen molar-refractivity contribution in [1.82, 2.24) is 9.78 Å². The molecule has 0 atom stereocenters. The first-order chi connectivity index (χ1) is 13.4. The first kappa shape index (κ1) is 19.4. The van der Waals surface area contributed by atoms with E-state index < -0.39 is 10.8 Å². The van der Waals surface area contributed by atoms with Crippen LogP contribution in [0, 0.1) is 10.1 Å². The van der Waals surface area contributed by atoms with Gasteiger partial charge in [0.15, 0.2) is 11.5 Å². The third-order valence-corrected chi connectivity index (χ3v) is 4.35. The highest BCUT2D eigenvalue weighted by atomic mass is 79.9. The summed E-state index contributed by atoms with van der Waals surface area (Å²) in [5.41, 5.74) is 0.252. The SMILES string of the molecule is COc1ccccc1Oc1cc(NC(=O)c2c(Br)cnn2C)cc([N+](=O)[O-])c1. The molecule has 0 aliphatic carbocycles. The first-order valence-electron chi connectivity index (χ1n) is 7.98. The van der Waals surface area contributed by atoms with Crippen LogP contribution in [-0.2, 0) is 7.05 Å². The molecule has 0 saturated carbocycles. The maximum absolute atomic E-state index is 12.5. The largest absolute Gasteiger partial charge is 0.493 e. The van der Waals surface area contributed by atoms with Gasteiger partial charge in [-0.3, -0.25) is 19.6 Å². The number of hydrogen-bond acceptors (Lipinski definition) is 6. The molecule has 1 N–H and O–H groups in total. The zero-order valence-corrected chi connectivity index (χ0v) is 16.5. The average molecular weight is 447 g/mol. The molecule has 0 spiro atoms. The molecule has 0 radical (unpaired) electrons. The standard InChI is InChI=1S/C18H15BrN4O5/c1-22-17(14(19)10-20-22)18(24)21-11-7-12(23(25)26)9-13(8-11)28-16-6-4-3-5-15(16)27-2/h3-10H,1-2H3,(H,21,24). The number of halogens is 1. The molecular weight excluding hydrogens is 432 g/mol. The smallest absolute Gasteiger partial charge is 0.275 e. The molecule has 2 aromatic carbocycles. The summed E-state index contributed by atoms with van der Waals surface area (Å²) in [6, 6.07) is 10.9. The Hall–Kier alpha value is -3.40. The normalized spacial score (nSPS) is 10.4. The fourth-order valence-electron chi connectivity index (χ4n) is 2.51. The number of carbonyl (C=O) groups is 1. The molecule has 0 aliphatic rings. The van der Waals surface area contributed by atoms with Gasteiger partial charge in [0.1, 0.15) is 11.4 Å². The van der Waals surface area contributed by atoms with Crippen LogP contribution in [0.1, 0.15) is 10.5 Å². The molecule has 10 heteroatoms. The van der Waals surface area contributed by atoms with Crippen molar-refractivity contribution in [2.24, 2.45) is 7.05 Å². The van der Waals surface area contributed by atoms with Crippen molar-refractivity contribution in [3.05, 3.63) is 68.9 Å². The molecule has 0 aliphatic heterocycles. The Morgan fingerprint density at radius 2 is 1.96 bits per heavy atom. The zero-order valence-electron chi connectivity index (χ0n) is 14.9. The van der Waals surface area contributed by atoms with Crippen LogP contribution in [-0.4, -0.2) is 27.7 Å². The summed E-state index contributed by atoms with van der Waals surface area (Å²) in [6.07, 6.45) is 1.48. The second-order valence-corrected chi connectivity index (χ2v) is 6.50. The van der Waals surface area contributed by atoms with Crippen LogP contribution in [0.5, 0.6) is 17.2 Å². The highest BCUT2D eigenvalue weighted by molar-refractivity contribution is 9.10. The van der Waals surface area contributed by atoms with E-state index in [1.165, 1.54) is 36.2 Å². The highest BCUT2D eigenvalue weighted by Crippen LogP contribution is 2.34. The second kappa shape index (κ2) is 8.09. The van der Waals surface area contributed by atoms with Crippen LogP contribution in [0.4, 0.5) is 11.4 Å². The van der Waals surface area contributed by atoms with Gasteiger partial charge < -0.3 is 14.8 Å². The minimum atomic E-state index is -0.565. The van der Waals surface area contributed by atoms with Gasteiger partial charge in [-0.2, -0.15) is 5.10 Å². The van der Waals surface area contributed by atoms with Crippen molar-refractivity contribution < 1.29 is 19.2 Å². The summed E-state index contributed by atoms with van der Waals surface area (Å²) in [5.74, 6) is 0.559. The lowest BCUT2D eigenvalue weighted by atomic mass is 10.2. The van der Waals surface area contributed by atoms with Gasteiger partial charge in [0, 0.05) is 19.2 Å². The zero-order chi connectivity index (χ0) is 20.3. The number of aromatic nitrogens is 2. The number of carbonyl (C=O) groups excluding carboxylic acids is 1. The number of hydrogen-bond donors (Lipinski definition) is 1. The third kappa shape index (κ3) is 4.12. The molecule has 1 aromatic heterocycles. The maximum atomic E-state index is 12.5. The molecule has 0 saturated heterocycles. The number of nitro benzene ring substituents is 1. The fourth-order valence-corrected chi connectivity index (χ4v) is 3.03. The van der Waals surface area contributed by atoms with Crippen molar-refractivity contribution in [2.75, 3.05) is 12.4 Å². The van der Waals surface area contributed by atoms with Gasteiger partial charge in [-0.1, -0.05) is 12.1 Å². The second-order valence-electron chi connectivity index (χ2n) is 5.64. The van der Waals surface area contributed by atoms with Crippen LogP contribution >= 0.6 is 15.9 Å². The molecule has 144 valence electrons. The number of amides is 1. The number of ether oxygens (including phenoxy) is 2. The number of nitro groups is 1. The predicted octanol–water partition coefficient (Wildman–Crippen LogP) is 4.14. The van der Waals surface area contributed by atoms with Gasteiger partial charge in [-0.15, -0.1) is 0 Å². The van der Waals surface area contributed by atoms with E-state index in [0.717, 1.165) is 0 Å². The molecule has 9 nitrogen and oxygen atoms in total. The quantitative estimate of drug-likeness (QED) is 0.450. The molecule has 0 fully saturated rings. The van der Waals surface area contributed by atoms with E-state index in [9.17, 15) is 14.9 Å². The van der Waals surface area contributed by atoms with Crippen molar-refractivity contribution in [1.29, 1.82) is 0 Å². The molecule has 28 heavy (non-hydrogen) atoms. The Morgan fingerprint density at radius 3 is 2.57 bits per heavy atom. The number of nitrogens with one attached hydrogen (secondary N) is 1. The van der Waals surface area contributed by atoms with E-state index in [4.69, 9.17) is 9.47 Å². The van der Waals surface area contributed by atoms with E-state index in [1.54, 1.807) is 31.3 Å². The molecular formula is C18H15BrN4O5. The van der Waals surface area contributed by atoms with E-state index in [2.05, 4.69) is 26.3 Å². The summed E-state index contributed by atoms with van der Waals surface area (Å²) in [4.78, 5) is 23.3. The third-order valence-electron chi connectivity index (χ3n) is 3.77. The number of nitrogens with zero attached hydrogens (tertiary/aromatic N) is 3. The summed E-state index contributed by atoms with van der Waals surface area (Å²) in [5, 5.41) is 17.9. The average Bonchev–Trinajstić information content (AvgIpc) is 3.00.